The lowest BCUT2D eigenvalue weighted by atomic mass is 10.2. The highest BCUT2D eigenvalue weighted by Gasteiger charge is 2.13. The van der Waals surface area contributed by atoms with Crippen LogP contribution in [-0.2, 0) is 19.7 Å². The van der Waals surface area contributed by atoms with E-state index in [1.807, 2.05) is 42.5 Å². The van der Waals surface area contributed by atoms with Gasteiger partial charge in [0.05, 0.1) is 12.8 Å². The molecular weight excluding hydrogens is 354 g/mol. The molecule has 0 radical (unpaired) electrons. The van der Waals surface area contributed by atoms with Crippen LogP contribution in [0, 0.1) is 0 Å². The molecule has 1 aliphatic heterocycles. The van der Waals surface area contributed by atoms with Crippen LogP contribution in [0.25, 0.3) is 0 Å². The first kappa shape index (κ1) is 18.2. The molecule has 4 rings (SSSR count). The largest absolute Gasteiger partial charge is 1.00 e. The number of nitrogens with one attached hydrogen (secondary N) is 1. The van der Waals surface area contributed by atoms with Gasteiger partial charge in [-0.3, -0.25) is 0 Å². The highest BCUT2D eigenvalue weighted by molar-refractivity contribution is 5.44. The Morgan fingerprint density at radius 1 is 0.885 bits per heavy atom. The second kappa shape index (κ2) is 8.65. The summed E-state index contributed by atoms with van der Waals surface area (Å²) in [5.74, 6) is 3.34. The lowest BCUT2D eigenvalue weighted by Gasteiger charge is -2.08. The molecule has 0 bridgehead atoms. The molecule has 0 saturated heterocycles. The molecule has 2 aromatic carbocycles. The average Bonchev–Trinajstić information content (AvgIpc) is 3.32. The fraction of sp³-hybridized carbons (Fsp3) is 0.200. The van der Waals surface area contributed by atoms with Gasteiger partial charge in [0.25, 0.3) is 0 Å². The first-order chi connectivity index (χ1) is 12.4. The zero-order valence-electron chi connectivity index (χ0n) is 14.1. The monoisotopic (exact) mass is 372 g/mol. The zero-order valence-corrected chi connectivity index (χ0v) is 14.9. The topological polar surface area (TPSA) is 52.9 Å². The molecule has 136 valence electrons. The zero-order chi connectivity index (χ0) is 16.9. The van der Waals surface area contributed by atoms with Crippen molar-refractivity contribution in [3.8, 4) is 17.2 Å². The molecule has 3 aromatic rings. The summed E-state index contributed by atoms with van der Waals surface area (Å²) < 4.78 is 21.8. The number of hydrogen-bond donors (Lipinski definition) is 1. The Labute approximate surface area is 158 Å². The van der Waals surface area contributed by atoms with Crippen LogP contribution in [0.15, 0.2) is 65.3 Å². The number of fused-ring (bicyclic) bond motifs is 1. The van der Waals surface area contributed by atoms with E-state index in [0.717, 1.165) is 41.7 Å². The molecule has 0 unspecified atom stereocenters. The van der Waals surface area contributed by atoms with E-state index in [9.17, 15) is 0 Å². The van der Waals surface area contributed by atoms with Crippen LogP contribution in [0.3, 0.4) is 0 Å². The second-order valence-corrected chi connectivity index (χ2v) is 5.80. The predicted octanol–water partition coefficient (Wildman–Crippen LogP) is 0.881. The van der Waals surface area contributed by atoms with Crippen molar-refractivity contribution >= 4 is 0 Å². The van der Waals surface area contributed by atoms with E-state index in [2.05, 4.69) is 17.4 Å². The lowest BCUT2D eigenvalue weighted by Crippen LogP contribution is -3.00. The molecule has 5 nitrogen and oxygen atoms in total. The van der Waals surface area contributed by atoms with Crippen LogP contribution in [0.2, 0.25) is 0 Å². The molecule has 1 aliphatic rings. The van der Waals surface area contributed by atoms with Gasteiger partial charge >= 0.3 is 0 Å². The Hall–Kier alpha value is -2.63. The molecular formula is C20H19ClNO4-. The van der Waals surface area contributed by atoms with Crippen molar-refractivity contribution in [1.29, 1.82) is 0 Å². The highest BCUT2D eigenvalue weighted by Crippen LogP contribution is 2.32. The van der Waals surface area contributed by atoms with E-state index < -0.39 is 0 Å². The number of ether oxygens (including phenoxy) is 3. The van der Waals surface area contributed by atoms with E-state index in [0.29, 0.717) is 6.61 Å². The third kappa shape index (κ3) is 4.50. The van der Waals surface area contributed by atoms with E-state index in [4.69, 9.17) is 18.6 Å². The van der Waals surface area contributed by atoms with E-state index in [-0.39, 0.29) is 19.2 Å². The van der Waals surface area contributed by atoms with Crippen LogP contribution in [-0.4, -0.2) is 6.79 Å². The number of furan rings is 1. The van der Waals surface area contributed by atoms with E-state index in [1.165, 1.54) is 5.56 Å². The Balaban J connectivity index is 0.00000196. The molecule has 2 heterocycles. The minimum atomic E-state index is 0. The Bertz CT molecular complexity index is 818. The van der Waals surface area contributed by atoms with Crippen LogP contribution < -0.4 is 31.9 Å². The molecule has 26 heavy (non-hydrogen) atoms. The van der Waals surface area contributed by atoms with Crippen molar-refractivity contribution in [3.05, 3.63) is 77.7 Å². The second-order valence-electron chi connectivity index (χ2n) is 5.80. The molecule has 0 saturated carbocycles. The number of rotatable bonds is 7. The van der Waals surface area contributed by atoms with Crippen molar-refractivity contribution in [1.82, 2.24) is 5.32 Å². The van der Waals surface area contributed by atoms with Crippen molar-refractivity contribution in [3.63, 3.8) is 0 Å². The molecule has 0 aliphatic carbocycles. The van der Waals surface area contributed by atoms with Gasteiger partial charge in [-0.05, 0) is 47.5 Å². The summed E-state index contributed by atoms with van der Waals surface area (Å²) in [7, 11) is 0. The molecule has 0 spiro atoms. The van der Waals surface area contributed by atoms with Gasteiger partial charge in [0, 0.05) is 6.54 Å². The summed E-state index contributed by atoms with van der Waals surface area (Å²) in [5, 5.41) is 3.34. The van der Waals surface area contributed by atoms with Crippen LogP contribution >= 0.6 is 0 Å². The fourth-order valence-electron chi connectivity index (χ4n) is 2.64. The Morgan fingerprint density at radius 2 is 1.69 bits per heavy atom. The first-order valence-corrected chi connectivity index (χ1v) is 8.20. The fourth-order valence-corrected chi connectivity index (χ4v) is 2.64. The van der Waals surface area contributed by atoms with Crippen molar-refractivity contribution in [2.45, 2.75) is 19.7 Å². The van der Waals surface area contributed by atoms with Gasteiger partial charge in [0.15, 0.2) is 11.5 Å². The third-order valence-electron chi connectivity index (χ3n) is 3.97. The molecule has 0 fully saturated rings. The van der Waals surface area contributed by atoms with Gasteiger partial charge in [-0.2, -0.15) is 0 Å². The molecule has 1 N–H and O–H groups in total. The Kier molecular flexibility index (Phi) is 6.04. The van der Waals surface area contributed by atoms with E-state index in [1.54, 1.807) is 6.26 Å². The number of halogens is 1. The smallest absolute Gasteiger partial charge is 0.231 e. The lowest BCUT2D eigenvalue weighted by molar-refractivity contribution is -0.00000743. The predicted molar refractivity (Wildman–Crippen MR) is 92.6 cm³/mol. The Morgan fingerprint density at radius 3 is 2.50 bits per heavy atom. The average molecular weight is 373 g/mol. The van der Waals surface area contributed by atoms with Crippen molar-refractivity contribution < 1.29 is 31.0 Å². The van der Waals surface area contributed by atoms with Crippen LogP contribution in [0.1, 0.15) is 16.9 Å². The quantitative estimate of drug-likeness (QED) is 0.667. The molecule has 0 atom stereocenters. The summed E-state index contributed by atoms with van der Waals surface area (Å²) in [6.07, 6.45) is 1.68. The standard InChI is InChI=1S/C20H19NO4.ClH/c1-2-18(22-9-1)12-21-11-15-3-6-17(7-4-15)23-13-16-5-8-19-20(10-16)25-14-24-19;/h1-10,21H,11-14H2;1H/p-1. The highest BCUT2D eigenvalue weighted by atomic mass is 35.5. The molecule has 6 heteroatoms. The van der Waals surface area contributed by atoms with Gasteiger partial charge < -0.3 is 36.4 Å². The first-order valence-electron chi connectivity index (χ1n) is 8.20. The third-order valence-corrected chi connectivity index (χ3v) is 3.97. The maximum absolute atomic E-state index is 5.84. The van der Waals surface area contributed by atoms with Crippen LogP contribution in [0.5, 0.6) is 17.2 Å². The minimum absolute atomic E-state index is 0. The summed E-state index contributed by atoms with van der Waals surface area (Å²) in [6.45, 7) is 2.28. The molecule has 0 amide bonds. The summed E-state index contributed by atoms with van der Waals surface area (Å²) in [6, 6.07) is 17.8. The van der Waals surface area contributed by atoms with Gasteiger partial charge in [0.2, 0.25) is 6.79 Å². The van der Waals surface area contributed by atoms with Gasteiger partial charge in [0.1, 0.15) is 18.1 Å². The summed E-state index contributed by atoms with van der Waals surface area (Å²) in [4.78, 5) is 0. The summed E-state index contributed by atoms with van der Waals surface area (Å²) in [5.41, 5.74) is 2.25. The minimum Gasteiger partial charge on any atom is -1.00 e. The maximum Gasteiger partial charge on any atom is 0.231 e. The van der Waals surface area contributed by atoms with E-state index >= 15 is 0 Å². The normalized spacial score (nSPS) is 11.8. The van der Waals surface area contributed by atoms with Crippen LogP contribution in [0.4, 0.5) is 0 Å². The number of hydrogen-bond acceptors (Lipinski definition) is 5. The van der Waals surface area contributed by atoms with Crippen molar-refractivity contribution in [2.75, 3.05) is 6.79 Å². The summed E-state index contributed by atoms with van der Waals surface area (Å²) >= 11 is 0. The SMILES string of the molecule is [Cl-].c1coc(CNCc2ccc(OCc3ccc4c(c3)OCO4)cc2)c1. The van der Waals surface area contributed by atoms with Gasteiger partial charge in [-0.1, -0.05) is 18.2 Å². The van der Waals surface area contributed by atoms with Gasteiger partial charge in [-0.15, -0.1) is 0 Å². The van der Waals surface area contributed by atoms with Gasteiger partial charge in [-0.25, -0.2) is 0 Å². The van der Waals surface area contributed by atoms with Crippen molar-refractivity contribution in [2.24, 2.45) is 0 Å². The maximum atomic E-state index is 5.84. The number of benzene rings is 2. The molecule has 1 aromatic heterocycles.